The number of amides is 1. The van der Waals surface area contributed by atoms with Crippen LogP contribution in [0, 0.1) is 0 Å². The van der Waals surface area contributed by atoms with Gasteiger partial charge in [-0.15, -0.1) is 0 Å². The lowest BCUT2D eigenvalue weighted by atomic mass is 9.90. The molecule has 0 radical (unpaired) electrons. The summed E-state index contributed by atoms with van der Waals surface area (Å²) >= 11 is 6.10. The van der Waals surface area contributed by atoms with E-state index >= 15 is 0 Å². The quantitative estimate of drug-likeness (QED) is 0.414. The van der Waals surface area contributed by atoms with Crippen molar-refractivity contribution in [2.24, 2.45) is 0 Å². The first-order chi connectivity index (χ1) is 15.8. The molecule has 2 heterocycles. The second kappa shape index (κ2) is 9.70. The van der Waals surface area contributed by atoms with Gasteiger partial charge in [-0.05, 0) is 69.9 Å². The zero-order valence-electron chi connectivity index (χ0n) is 19.7. The maximum Gasteiger partial charge on any atom is 0.410 e. The van der Waals surface area contributed by atoms with Crippen LogP contribution in [0.3, 0.4) is 0 Å². The molecule has 1 aromatic heterocycles. The molecule has 1 fully saturated rings. The van der Waals surface area contributed by atoms with E-state index in [4.69, 9.17) is 26.1 Å². The molecule has 0 bridgehead atoms. The van der Waals surface area contributed by atoms with Crippen LogP contribution in [-0.2, 0) is 9.47 Å². The summed E-state index contributed by atoms with van der Waals surface area (Å²) in [5.41, 5.74) is 3.19. The normalized spacial score (nSPS) is 17.7. The van der Waals surface area contributed by atoms with Gasteiger partial charge in [0.2, 0.25) is 0 Å². The molecule has 0 aliphatic carbocycles. The summed E-state index contributed by atoms with van der Waals surface area (Å²) in [7, 11) is 1.71. The van der Waals surface area contributed by atoms with Gasteiger partial charge >= 0.3 is 6.09 Å². The zero-order chi connectivity index (χ0) is 23.6. The van der Waals surface area contributed by atoms with Crippen molar-refractivity contribution in [1.82, 2.24) is 9.88 Å². The van der Waals surface area contributed by atoms with Gasteiger partial charge in [0.05, 0.1) is 17.3 Å². The van der Waals surface area contributed by atoms with Crippen LogP contribution in [0.15, 0.2) is 54.6 Å². The number of aromatic nitrogens is 1. The number of likely N-dealkylation sites (tertiary alicyclic amines) is 1. The number of fused-ring (bicyclic) bond motifs is 1. The van der Waals surface area contributed by atoms with E-state index in [-0.39, 0.29) is 18.2 Å². The average Bonchev–Trinajstić information content (AvgIpc) is 2.79. The van der Waals surface area contributed by atoms with Gasteiger partial charge in [-0.3, -0.25) is 0 Å². The minimum absolute atomic E-state index is 0.123. The van der Waals surface area contributed by atoms with Crippen molar-refractivity contribution in [3.05, 3.63) is 65.2 Å². The van der Waals surface area contributed by atoms with Gasteiger partial charge < -0.3 is 14.4 Å². The van der Waals surface area contributed by atoms with Crippen LogP contribution in [0.25, 0.3) is 22.2 Å². The summed E-state index contributed by atoms with van der Waals surface area (Å²) in [4.78, 5) is 19.8. The number of hydrogen-bond acceptors (Lipinski definition) is 4. The lowest BCUT2D eigenvalue weighted by Gasteiger charge is -2.40. The first-order valence-electron chi connectivity index (χ1n) is 11.4. The monoisotopic (exact) mass is 466 g/mol. The molecule has 1 amide bonds. The van der Waals surface area contributed by atoms with E-state index in [1.807, 2.05) is 68.1 Å². The number of halogens is 1. The largest absolute Gasteiger partial charge is 0.444 e. The lowest BCUT2D eigenvalue weighted by molar-refractivity contribution is -0.0287. The van der Waals surface area contributed by atoms with E-state index in [1.165, 1.54) is 0 Å². The molecule has 0 spiro atoms. The first kappa shape index (κ1) is 23.5. The predicted octanol–water partition coefficient (Wildman–Crippen LogP) is 7.03. The molecule has 0 saturated carbocycles. The number of ether oxygens (including phenoxy) is 2. The molecule has 5 nitrogen and oxygen atoms in total. The Hall–Kier alpha value is -2.63. The van der Waals surface area contributed by atoms with Gasteiger partial charge in [0.25, 0.3) is 0 Å². The molecule has 1 aliphatic heterocycles. The van der Waals surface area contributed by atoms with Gasteiger partial charge in [-0.25, -0.2) is 9.78 Å². The summed E-state index contributed by atoms with van der Waals surface area (Å²) in [6, 6.07) is 17.7. The third kappa shape index (κ3) is 5.31. The van der Waals surface area contributed by atoms with Crippen LogP contribution < -0.4 is 0 Å². The molecule has 1 saturated heterocycles. The molecule has 33 heavy (non-hydrogen) atoms. The SMILES string of the molecule is COC(c1cc(-c2ccc(Cl)cc2)nc2ccccc12)C1CCCCN1C(=O)OC(C)(C)C. The fourth-order valence-electron chi connectivity index (χ4n) is 4.52. The van der Waals surface area contributed by atoms with Gasteiger partial charge in [-0.1, -0.05) is 41.9 Å². The average molecular weight is 467 g/mol. The van der Waals surface area contributed by atoms with Crippen molar-refractivity contribution in [3.63, 3.8) is 0 Å². The topological polar surface area (TPSA) is 51.7 Å². The van der Waals surface area contributed by atoms with E-state index in [0.29, 0.717) is 11.6 Å². The van der Waals surface area contributed by atoms with E-state index in [9.17, 15) is 4.79 Å². The highest BCUT2D eigenvalue weighted by Crippen LogP contribution is 2.37. The lowest BCUT2D eigenvalue weighted by Crippen LogP contribution is -2.49. The molecular weight excluding hydrogens is 436 g/mol. The third-order valence-electron chi connectivity index (χ3n) is 5.98. The van der Waals surface area contributed by atoms with E-state index in [0.717, 1.165) is 47.0 Å². The molecule has 2 unspecified atom stereocenters. The Morgan fingerprint density at radius 1 is 1.12 bits per heavy atom. The number of nitrogens with zero attached hydrogens (tertiary/aromatic N) is 2. The maximum atomic E-state index is 13.1. The fraction of sp³-hybridized carbons (Fsp3) is 0.407. The molecular formula is C27H31ClN2O3. The fourth-order valence-corrected chi connectivity index (χ4v) is 4.64. The second-order valence-electron chi connectivity index (χ2n) is 9.51. The predicted molar refractivity (Wildman–Crippen MR) is 133 cm³/mol. The highest BCUT2D eigenvalue weighted by atomic mass is 35.5. The number of benzene rings is 2. The Morgan fingerprint density at radius 3 is 2.55 bits per heavy atom. The summed E-state index contributed by atoms with van der Waals surface area (Å²) < 4.78 is 11.8. The van der Waals surface area contributed by atoms with Crippen LogP contribution in [0.1, 0.15) is 51.7 Å². The summed E-state index contributed by atoms with van der Waals surface area (Å²) in [6.07, 6.45) is 2.25. The van der Waals surface area contributed by atoms with Crippen LogP contribution in [0.4, 0.5) is 4.79 Å². The number of methoxy groups -OCH3 is 1. The Labute approximate surface area is 200 Å². The van der Waals surface area contributed by atoms with Crippen molar-refractivity contribution >= 4 is 28.6 Å². The van der Waals surface area contributed by atoms with E-state index < -0.39 is 5.60 Å². The molecule has 4 rings (SSSR count). The minimum Gasteiger partial charge on any atom is -0.444 e. The van der Waals surface area contributed by atoms with Gasteiger partial charge in [0.15, 0.2) is 0 Å². The molecule has 2 aromatic carbocycles. The molecule has 2 atom stereocenters. The number of rotatable bonds is 4. The smallest absolute Gasteiger partial charge is 0.410 e. The van der Waals surface area contributed by atoms with Gasteiger partial charge in [0.1, 0.15) is 11.7 Å². The van der Waals surface area contributed by atoms with Crippen LogP contribution in [0.5, 0.6) is 0 Å². The molecule has 6 heteroatoms. The van der Waals surface area contributed by atoms with Crippen LogP contribution in [-0.4, -0.2) is 41.3 Å². The van der Waals surface area contributed by atoms with Gasteiger partial charge in [-0.2, -0.15) is 0 Å². The highest BCUT2D eigenvalue weighted by molar-refractivity contribution is 6.30. The van der Waals surface area contributed by atoms with Crippen molar-refractivity contribution < 1.29 is 14.3 Å². The number of para-hydroxylation sites is 1. The summed E-state index contributed by atoms with van der Waals surface area (Å²) in [5, 5.41) is 1.71. The first-order valence-corrected chi connectivity index (χ1v) is 11.8. The number of carbonyl (C=O) groups excluding carboxylic acids is 1. The molecule has 3 aromatic rings. The zero-order valence-corrected chi connectivity index (χ0v) is 20.4. The Morgan fingerprint density at radius 2 is 1.85 bits per heavy atom. The van der Waals surface area contributed by atoms with Crippen molar-refractivity contribution in [2.75, 3.05) is 13.7 Å². The van der Waals surface area contributed by atoms with Crippen LogP contribution in [0.2, 0.25) is 5.02 Å². The van der Waals surface area contributed by atoms with Crippen molar-refractivity contribution in [2.45, 2.75) is 57.8 Å². The molecule has 1 aliphatic rings. The Kier molecular flexibility index (Phi) is 6.91. The standard InChI is InChI=1S/C27H31ClN2O3/c1-27(2,3)33-26(31)30-16-8-7-11-24(30)25(32-4)21-17-23(18-12-14-19(28)15-13-18)29-22-10-6-5-9-20(21)22/h5-6,9-10,12-15,17,24-25H,7-8,11,16H2,1-4H3. The summed E-state index contributed by atoms with van der Waals surface area (Å²) in [5.74, 6) is 0. The third-order valence-corrected chi connectivity index (χ3v) is 6.23. The van der Waals surface area contributed by atoms with Crippen LogP contribution >= 0.6 is 11.6 Å². The number of piperidine rings is 1. The molecule has 174 valence electrons. The molecule has 0 N–H and O–H groups in total. The minimum atomic E-state index is -0.549. The highest BCUT2D eigenvalue weighted by Gasteiger charge is 2.37. The number of pyridine rings is 1. The Bertz CT molecular complexity index is 1120. The van der Waals surface area contributed by atoms with E-state index in [2.05, 4.69) is 12.1 Å². The Balaban J connectivity index is 1.79. The summed E-state index contributed by atoms with van der Waals surface area (Å²) in [6.45, 7) is 6.35. The number of hydrogen-bond donors (Lipinski definition) is 0. The maximum absolute atomic E-state index is 13.1. The van der Waals surface area contributed by atoms with Crippen molar-refractivity contribution in [3.8, 4) is 11.3 Å². The van der Waals surface area contributed by atoms with E-state index in [1.54, 1.807) is 7.11 Å². The van der Waals surface area contributed by atoms with Crippen molar-refractivity contribution in [1.29, 1.82) is 0 Å². The number of carbonyl (C=O) groups is 1. The van der Waals surface area contributed by atoms with Gasteiger partial charge in [0, 0.05) is 29.6 Å². The second-order valence-corrected chi connectivity index (χ2v) is 9.95.